The van der Waals surface area contributed by atoms with E-state index < -0.39 is 0 Å². The van der Waals surface area contributed by atoms with Crippen LogP contribution in [0.5, 0.6) is 5.75 Å². The van der Waals surface area contributed by atoms with Gasteiger partial charge in [0, 0.05) is 6.07 Å². The molecule has 1 aliphatic heterocycles. The minimum Gasteiger partial charge on any atom is -0.489 e. The maximum absolute atomic E-state index is 13.0. The maximum atomic E-state index is 13.0. The SMILES string of the molecule is CNCC(=O)N1CCOc2cc(F)ccc21. The molecule has 1 N–H and O–H groups in total. The van der Waals surface area contributed by atoms with Gasteiger partial charge in [0.15, 0.2) is 0 Å². The predicted octanol–water partition coefficient (Wildman–Crippen LogP) is 0.770. The van der Waals surface area contributed by atoms with Crippen LogP contribution in [0, 0.1) is 5.82 Å². The summed E-state index contributed by atoms with van der Waals surface area (Å²) in [6, 6.07) is 4.19. The highest BCUT2D eigenvalue weighted by Gasteiger charge is 2.23. The van der Waals surface area contributed by atoms with E-state index in [4.69, 9.17) is 4.74 Å². The number of fused-ring (bicyclic) bond motifs is 1. The second-order valence-corrected chi connectivity index (χ2v) is 3.54. The molecule has 86 valence electrons. The van der Waals surface area contributed by atoms with Crippen molar-refractivity contribution in [3.63, 3.8) is 0 Å². The third-order valence-electron chi connectivity index (χ3n) is 2.41. The second kappa shape index (κ2) is 4.49. The quantitative estimate of drug-likeness (QED) is 0.806. The van der Waals surface area contributed by atoms with Crippen molar-refractivity contribution in [2.75, 3.05) is 31.6 Å². The van der Waals surface area contributed by atoms with Crippen molar-refractivity contribution < 1.29 is 13.9 Å². The Morgan fingerprint density at radius 3 is 3.19 bits per heavy atom. The normalized spacial score (nSPS) is 14.2. The smallest absolute Gasteiger partial charge is 0.241 e. The molecule has 0 radical (unpaired) electrons. The Morgan fingerprint density at radius 2 is 2.44 bits per heavy atom. The molecule has 0 aromatic heterocycles. The molecule has 1 aromatic carbocycles. The summed E-state index contributed by atoms with van der Waals surface area (Å²) in [5.41, 5.74) is 0.632. The fraction of sp³-hybridized carbons (Fsp3) is 0.364. The van der Waals surface area contributed by atoms with Gasteiger partial charge in [-0.3, -0.25) is 4.79 Å². The molecule has 1 amide bonds. The van der Waals surface area contributed by atoms with Crippen molar-refractivity contribution in [2.45, 2.75) is 0 Å². The standard InChI is InChI=1S/C11H13FN2O2/c1-13-7-11(15)14-4-5-16-10-6-8(12)2-3-9(10)14/h2-3,6,13H,4-5,7H2,1H3. The molecule has 0 saturated carbocycles. The highest BCUT2D eigenvalue weighted by atomic mass is 19.1. The molecule has 4 nitrogen and oxygen atoms in total. The third kappa shape index (κ3) is 1.99. The Labute approximate surface area is 93.0 Å². The van der Waals surface area contributed by atoms with Gasteiger partial charge < -0.3 is 15.0 Å². The number of amides is 1. The van der Waals surface area contributed by atoms with E-state index in [9.17, 15) is 9.18 Å². The summed E-state index contributed by atoms with van der Waals surface area (Å²) in [5, 5.41) is 2.80. The molecule has 0 fully saturated rings. The number of carbonyl (C=O) groups is 1. The van der Waals surface area contributed by atoms with Crippen molar-refractivity contribution in [1.82, 2.24) is 5.32 Å². The average Bonchev–Trinajstić information content (AvgIpc) is 2.28. The van der Waals surface area contributed by atoms with Crippen molar-refractivity contribution in [3.05, 3.63) is 24.0 Å². The average molecular weight is 224 g/mol. The van der Waals surface area contributed by atoms with Crippen molar-refractivity contribution >= 4 is 11.6 Å². The first-order chi connectivity index (χ1) is 7.72. The summed E-state index contributed by atoms with van der Waals surface area (Å²) in [7, 11) is 1.71. The van der Waals surface area contributed by atoms with E-state index in [-0.39, 0.29) is 18.3 Å². The van der Waals surface area contributed by atoms with E-state index >= 15 is 0 Å². The first kappa shape index (κ1) is 10.9. The summed E-state index contributed by atoms with van der Waals surface area (Å²) in [6.45, 7) is 1.15. The number of halogens is 1. The number of rotatable bonds is 2. The largest absolute Gasteiger partial charge is 0.489 e. The van der Waals surface area contributed by atoms with Crippen LogP contribution in [0.25, 0.3) is 0 Å². The van der Waals surface area contributed by atoms with E-state index in [1.165, 1.54) is 12.1 Å². The molecule has 0 aliphatic carbocycles. The lowest BCUT2D eigenvalue weighted by molar-refractivity contribution is -0.118. The number of hydrogen-bond acceptors (Lipinski definition) is 3. The monoisotopic (exact) mass is 224 g/mol. The minimum atomic E-state index is -0.360. The van der Waals surface area contributed by atoms with Crippen molar-refractivity contribution in [2.24, 2.45) is 0 Å². The highest BCUT2D eigenvalue weighted by Crippen LogP contribution is 2.31. The summed E-state index contributed by atoms with van der Waals surface area (Å²) in [6.07, 6.45) is 0. The zero-order valence-corrected chi connectivity index (χ0v) is 9.00. The van der Waals surface area contributed by atoms with Crippen LogP contribution in [0.2, 0.25) is 0 Å². The topological polar surface area (TPSA) is 41.6 Å². The molecule has 0 spiro atoms. The number of nitrogens with one attached hydrogen (secondary N) is 1. The zero-order valence-electron chi connectivity index (χ0n) is 9.00. The van der Waals surface area contributed by atoms with E-state index in [0.29, 0.717) is 24.6 Å². The number of likely N-dealkylation sites (N-methyl/N-ethyl adjacent to an activating group) is 1. The molecule has 2 rings (SSSR count). The lowest BCUT2D eigenvalue weighted by atomic mass is 10.2. The lowest BCUT2D eigenvalue weighted by Crippen LogP contribution is -2.42. The Bertz CT molecular complexity index is 409. The van der Waals surface area contributed by atoms with E-state index in [1.807, 2.05) is 0 Å². The Hall–Kier alpha value is -1.62. The van der Waals surface area contributed by atoms with Crippen LogP contribution in [-0.4, -0.2) is 32.7 Å². The molecule has 0 bridgehead atoms. The molecular weight excluding hydrogens is 211 g/mol. The van der Waals surface area contributed by atoms with Crippen LogP contribution < -0.4 is 15.0 Å². The molecule has 0 unspecified atom stereocenters. The van der Waals surface area contributed by atoms with Crippen LogP contribution in [0.3, 0.4) is 0 Å². The highest BCUT2D eigenvalue weighted by molar-refractivity contribution is 5.96. The number of benzene rings is 1. The number of anilines is 1. The van der Waals surface area contributed by atoms with Gasteiger partial charge in [0.25, 0.3) is 0 Å². The van der Waals surface area contributed by atoms with Gasteiger partial charge in [0.05, 0.1) is 18.8 Å². The van der Waals surface area contributed by atoms with Crippen LogP contribution in [0.15, 0.2) is 18.2 Å². The second-order valence-electron chi connectivity index (χ2n) is 3.54. The molecule has 16 heavy (non-hydrogen) atoms. The Kier molecular flexibility index (Phi) is 3.05. The molecule has 0 saturated heterocycles. The fourth-order valence-corrected chi connectivity index (χ4v) is 1.70. The number of nitrogens with zero attached hydrogens (tertiary/aromatic N) is 1. The lowest BCUT2D eigenvalue weighted by Gasteiger charge is -2.29. The third-order valence-corrected chi connectivity index (χ3v) is 2.41. The van der Waals surface area contributed by atoms with Gasteiger partial charge in [0.1, 0.15) is 18.2 Å². The summed E-state index contributed by atoms with van der Waals surface area (Å²) >= 11 is 0. The Balaban J connectivity index is 2.29. The van der Waals surface area contributed by atoms with Gasteiger partial charge in [-0.25, -0.2) is 4.39 Å². The van der Waals surface area contributed by atoms with Gasteiger partial charge in [-0.1, -0.05) is 0 Å². The van der Waals surface area contributed by atoms with Gasteiger partial charge >= 0.3 is 0 Å². The van der Waals surface area contributed by atoms with E-state index in [2.05, 4.69) is 5.32 Å². The number of carbonyl (C=O) groups excluding carboxylic acids is 1. The molecular formula is C11H13FN2O2. The first-order valence-electron chi connectivity index (χ1n) is 5.09. The van der Waals surface area contributed by atoms with Crippen LogP contribution in [0.1, 0.15) is 0 Å². The van der Waals surface area contributed by atoms with Gasteiger partial charge in [-0.15, -0.1) is 0 Å². The van der Waals surface area contributed by atoms with Crippen molar-refractivity contribution in [1.29, 1.82) is 0 Å². The zero-order chi connectivity index (χ0) is 11.5. The fourth-order valence-electron chi connectivity index (χ4n) is 1.70. The number of ether oxygens (including phenoxy) is 1. The molecule has 1 aromatic rings. The minimum absolute atomic E-state index is 0.0429. The van der Waals surface area contributed by atoms with E-state index in [1.54, 1.807) is 18.0 Å². The molecule has 0 atom stereocenters. The number of hydrogen-bond donors (Lipinski definition) is 1. The first-order valence-corrected chi connectivity index (χ1v) is 5.09. The van der Waals surface area contributed by atoms with Gasteiger partial charge in [0.2, 0.25) is 5.91 Å². The summed E-state index contributed by atoms with van der Waals surface area (Å²) in [5.74, 6) is 0.0241. The summed E-state index contributed by atoms with van der Waals surface area (Å²) < 4.78 is 18.3. The molecule has 5 heteroatoms. The van der Waals surface area contributed by atoms with Crippen LogP contribution in [0.4, 0.5) is 10.1 Å². The predicted molar refractivity (Wildman–Crippen MR) is 58.2 cm³/mol. The van der Waals surface area contributed by atoms with Crippen molar-refractivity contribution in [3.8, 4) is 5.75 Å². The van der Waals surface area contributed by atoms with Gasteiger partial charge in [-0.2, -0.15) is 0 Å². The Morgan fingerprint density at radius 1 is 1.62 bits per heavy atom. The van der Waals surface area contributed by atoms with Crippen LogP contribution >= 0.6 is 0 Å². The van der Waals surface area contributed by atoms with Gasteiger partial charge in [-0.05, 0) is 19.2 Å². The van der Waals surface area contributed by atoms with E-state index in [0.717, 1.165) is 0 Å². The summed E-state index contributed by atoms with van der Waals surface area (Å²) in [4.78, 5) is 13.4. The maximum Gasteiger partial charge on any atom is 0.241 e. The molecule has 1 aliphatic rings. The molecule has 1 heterocycles. The van der Waals surface area contributed by atoms with Crippen LogP contribution in [-0.2, 0) is 4.79 Å².